The maximum absolute atomic E-state index is 11.8. The summed E-state index contributed by atoms with van der Waals surface area (Å²) < 4.78 is 5.54. The second-order valence-electron chi connectivity index (χ2n) is 5.80. The molecule has 1 aliphatic rings. The standard InChI is InChI=1S/C17H26N2O2.ClH/c1-2-11-21-15-8-3-13(4-9-15)5-10-17(20)19-12-16(18)14-6-7-14;/h3-4,8-9,14,16H,2,5-7,10-12,18H2,1H3,(H,19,20);1H. The molecular formula is C17H27ClN2O2. The van der Waals surface area contributed by atoms with E-state index in [9.17, 15) is 4.79 Å². The number of carbonyl (C=O) groups is 1. The van der Waals surface area contributed by atoms with Crippen LogP contribution in [0.25, 0.3) is 0 Å². The number of hydrogen-bond donors (Lipinski definition) is 2. The Bertz CT molecular complexity index is 446. The minimum absolute atomic E-state index is 0. The van der Waals surface area contributed by atoms with E-state index in [0.717, 1.165) is 30.8 Å². The minimum atomic E-state index is 0. The molecule has 4 nitrogen and oxygen atoms in total. The number of halogens is 1. The molecule has 0 heterocycles. The molecule has 1 aromatic carbocycles. The van der Waals surface area contributed by atoms with Gasteiger partial charge in [-0.25, -0.2) is 0 Å². The third-order valence-corrected chi connectivity index (χ3v) is 3.80. The van der Waals surface area contributed by atoms with Gasteiger partial charge in [0.1, 0.15) is 5.75 Å². The van der Waals surface area contributed by atoms with Gasteiger partial charge in [-0.2, -0.15) is 0 Å². The number of hydrogen-bond acceptors (Lipinski definition) is 3. The predicted octanol–water partition coefficient (Wildman–Crippen LogP) is 2.68. The molecule has 2 rings (SSSR count). The molecule has 0 spiro atoms. The first kappa shape index (κ1) is 18.8. The predicted molar refractivity (Wildman–Crippen MR) is 91.5 cm³/mol. The fourth-order valence-corrected chi connectivity index (χ4v) is 2.24. The smallest absolute Gasteiger partial charge is 0.220 e. The molecule has 1 aliphatic carbocycles. The summed E-state index contributed by atoms with van der Waals surface area (Å²) in [5.41, 5.74) is 7.12. The number of amides is 1. The van der Waals surface area contributed by atoms with E-state index in [4.69, 9.17) is 10.5 Å². The maximum Gasteiger partial charge on any atom is 0.220 e. The molecule has 22 heavy (non-hydrogen) atoms. The zero-order valence-corrected chi connectivity index (χ0v) is 14.0. The van der Waals surface area contributed by atoms with Gasteiger partial charge in [0.25, 0.3) is 0 Å². The lowest BCUT2D eigenvalue weighted by Gasteiger charge is -2.11. The Hall–Kier alpha value is -1.26. The highest BCUT2D eigenvalue weighted by Crippen LogP contribution is 2.31. The summed E-state index contributed by atoms with van der Waals surface area (Å²) >= 11 is 0. The van der Waals surface area contributed by atoms with Crippen LogP contribution in [0, 0.1) is 5.92 Å². The van der Waals surface area contributed by atoms with E-state index in [0.29, 0.717) is 18.9 Å². The zero-order valence-electron chi connectivity index (χ0n) is 13.2. The Morgan fingerprint density at radius 2 is 2.05 bits per heavy atom. The van der Waals surface area contributed by atoms with E-state index in [1.807, 2.05) is 24.3 Å². The molecule has 124 valence electrons. The molecular weight excluding hydrogens is 300 g/mol. The SMILES string of the molecule is CCCOc1ccc(CCC(=O)NCC(N)C2CC2)cc1.Cl. The van der Waals surface area contributed by atoms with Gasteiger partial charge < -0.3 is 15.8 Å². The fourth-order valence-electron chi connectivity index (χ4n) is 2.24. The van der Waals surface area contributed by atoms with Crippen molar-refractivity contribution in [3.63, 3.8) is 0 Å². The lowest BCUT2D eigenvalue weighted by atomic mass is 10.1. The molecule has 1 saturated carbocycles. The quantitative estimate of drug-likeness (QED) is 0.733. The molecule has 1 unspecified atom stereocenters. The van der Waals surface area contributed by atoms with Gasteiger partial charge in [0.05, 0.1) is 6.61 Å². The van der Waals surface area contributed by atoms with Crippen LogP contribution < -0.4 is 15.8 Å². The van der Waals surface area contributed by atoms with Gasteiger partial charge in [-0.1, -0.05) is 19.1 Å². The average molecular weight is 327 g/mol. The highest BCUT2D eigenvalue weighted by atomic mass is 35.5. The van der Waals surface area contributed by atoms with Crippen molar-refractivity contribution in [2.24, 2.45) is 11.7 Å². The maximum atomic E-state index is 11.8. The van der Waals surface area contributed by atoms with Crippen molar-refractivity contribution in [1.82, 2.24) is 5.32 Å². The zero-order chi connectivity index (χ0) is 15.1. The first-order chi connectivity index (χ1) is 10.2. The first-order valence-electron chi connectivity index (χ1n) is 7.93. The van der Waals surface area contributed by atoms with Crippen molar-refractivity contribution in [2.45, 2.75) is 45.1 Å². The van der Waals surface area contributed by atoms with E-state index < -0.39 is 0 Å². The summed E-state index contributed by atoms with van der Waals surface area (Å²) in [4.78, 5) is 11.8. The Morgan fingerprint density at radius 1 is 1.36 bits per heavy atom. The van der Waals surface area contributed by atoms with Crippen molar-refractivity contribution >= 4 is 18.3 Å². The summed E-state index contributed by atoms with van der Waals surface area (Å²) in [5, 5.41) is 2.92. The fraction of sp³-hybridized carbons (Fsp3) is 0.588. The minimum Gasteiger partial charge on any atom is -0.494 e. The van der Waals surface area contributed by atoms with Crippen LogP contribution in [-0.2, 0) is 11.2 Å². The number of aryl methyl sites for hydroxylation is 1. The van der Waals surface area contributed by atoms with E-state index in [-0.39, 0.29) is 24.4 Å². The first-order valence-corrected chi connectivity index (χ1v) is 7.93. The van der Waals surface area contributed by atoms with Crippen LogP contribution in [0.4, 0.5) is 0 Å². The molecule has 0 saturated heterocycles. The largest absolute Gasteiger partial charge is 0.494 e. The number of carbonyl (C=O) groups excluding carboxylic acids is 1. The molecule has 1 atom stereocenters. The Labute approximate surface area is 139 Å². The Kier molecular flexibility index (Phi) is 8.28. The topological polar surface area (TPSA) is 64.3 Å². The number of benzene rings is 1. The van der Waals surface area contributed by atoms with Gasteiger partial charge in [-0.15, -0.1) is 12.4 Å². The van der Waals surface area contributed by atoms with Gasteiger partial charge in [0.15, 0.2) is 0 Å². The molecule has 5 heteroatoms. The van der Waals surface area contributed by atoms with Crippen LogP contribution in [0.3, 0.4) is 0 Å². The second kappa shape index (κ2) is 9.70. The van der Waals surface area contributed by atoms with Crippen LogP contribution in [0.1, 0.15) is 38.2 Å². The van der Waals surface area contributed by atoms with Gasteiger partial charge in [0.2, 0.25) is 5.91 Å². The van der Waals surface area contributed by atoms with Crippen molar-refractivity contribution in [3.8, 4) is 5.75 Å². The van der Waals surface area contributed by atoms with Gasteiger partial charge in [-0.05, 0) is 49.3 Å². The third kappa shape index (κ3) is 6.67. The van der Waals surface area contributed by atoms with E-state index in [1.165, 1.54) is 12.8 Å². The van der Waals surface area contributed by atoms with Crippen molar-refractivity contribution in [2.75, 3.05) is 13.2 Å². The molecule has 0 radical (unpaired) electrons. The van der Waals surface area contributed by atoms with Gasteiger partial charge >= 0.3 is 0 Å². The molecule has 0 aliphatic heterocycles. The summed E-state index contributed by atoms with van der Waals surface area (Å²) in [7, 11) is 0. The highest BCUT2D eigenvalue weighted by Gasteiger charge is 2.28. The van der Waals surface area contributed by atoms with Crippen molar-refractivity contribution < 1.29 is 9.53 Å². The third-order valence-electron chi connectivity index (χ3n) is 3.80. The molecule has 3 N–H and O–H groups in total. The Morgan fingerprint density at radius 3 is 2.64 bits per heavy atom. The van der Waals surface area contributed by atoms with Gasteiger partial charge in [0, 0.05) is 19.0 Å². The number of nitrogens with one attached hydrogen (secondary N) is 1. The summed E-state index contributed by atoms with van der Waals surface area (Å²) in [6.07, 6.45) is 4.68. The molecule has 1 fully saturated rings. The summed E-state index contributed by atoms with van der Waals surface area (Å²) in [6, 6.07) is 8.10. The van der Waals surface area contributed by atoms with E-state index >= 15 is 0 Å². The highest BCUT2D eigenvalue weighted by molar-refractivity contribution is 5.85. The molecule has 0 bridgehead atoms. The number of ether oxygens (including phenoxy) is 1. The van der Waals surface area contributed by atoms with Crippen molar-refractivity contribution in [3.05, 3.63) is 29.8 Å². The summed E-state index contributed by atoms with van der Waals surface area (Å²) in [6.45, 7) is 3.43. The van der Waals surface area contributed by atoms with Crippen molar-refractivity contribution in [1.29, 1.82) is 0 Å². The number of rotatable bonds is 9. The van der Waals surface area contributed by atoms with Crippen LogP contribution >= 0.6 is 12.4 Å². The van der Waals surface area contributed by atoms with E-state index in [1.54, 1.807) is 0 Å². The lowest BCUT2D eigenvalue weighted by molar-refractivity contribution is -0.121. The Balaban J connectivity index is 0.00000242. The molecule has 1 amide bonds. The van der Waals surface area contributed by atoms with Crippen LogP contribution in [0.5, 0.6) is 5.75 Å². The molecule has 0 aromatic heterocycles. The van der Waals surface area contributed by atoms with Crippen LogP contribution in [0.15, 0.2) is 24.3 Å². The monoisotopic (exact) mass is 326 g/mol. The van der Waals surface area contributed by atoms with Crippen LogP contribution in [-0.4, -0.2) is 25.1 Å². The second-order valence-corrected chi connectivity index (χ2v) is 5.80. The number of nitrogens with two attached hydrogens (primary N) is 1. The summed E-state index contributed by atoms with van der Waals surface area (Å²) in [5.74, 6) is 1.60. The normalized spacial score (nSPS) is 14.8. The van der Waals surface area contributed by atoms with Crippen LogP contribution in [0.2, 0.25) is 0 Å². The van der Waals surface area contributed by atoms with Gasteiger partial charge in [-0.3, -0.25) is 4.79 Å². The lowest BCUT2D eigenvalue weighted by Crippen LogP contribution is -2.38. The molecule has 1 aromatic rings. The van der Waals surface area contributed by atoms with E-state index in [2.05, 4.69) is 12.2 Å². The average Bonchev–Trinajstić information content (AvgIpc) is 3.34.